The van der Waals surface area contributed by atoms with Gasteiger partial charge in [-0.2, -0.15) is 5.57 Å². The molecule has 0 spiro atoms. The molecule has 2 aliphatic rings. The van der Waals surface area contributed by atoms with E-state index in [2.05, 4.69) is 43.3 Å². The molecule has 3 rings (SSSR count). The van der Waals surface area contributed by atoms with Crippen molar-refractivity contribution in [1.29, 1.82) is 0 Å². The first-order chi connectivity index (χ1) is 9.81. The molecule has 24 heavy (non-hydrogen) atoms. The topological polar surface area (TPSA) is 0 Å². The predicted octanol–water partition coefficient (Wildman–Crippen LogP) is -5.13. The molecule has 0 bridgehead atoms. The first-order valence-corrected chi connectivity index (χ1v) is 9.57. The van der Waals surface area contributed by atoms with Crippen molar-refractivity contribution in [3.05, 3.63) is 52.8 Å². The maximum Gasteiger partial charge on any atom is 4.00 e. The van der Waals surface area contributed by atoms with Gasteiger partial charge in [0.15, 0.2) is 0 Å². The van der Waals surface area contributed by atoms with Crippen LogP contribution in [0, 0.1) is 12.0 Å². The molecule has 0 radical (unpaired) electrons. The molecule has 0 unspecified atom stereocenters. The predicted molar refractivity (Wildman–Crippen MR) is 89.9 cm³/mol. The molecule has 1 fully saturated rings. The Morgan fingerprint density at radius 3 is 2.25 bits per heavy atom. The van der Waals surface area contributed by atoms with E-state index in [0.29, 0.717) is 0 Å². The van der Waals surface area contributed by atoms with Crippen molar-refractivity contribution in [1.82, 2.24) is 0 Å². The van der Waals surface area contributed by atoms with Crippen LogP contribution in [-0.4, -0.2) is 9.52 Å². The van der Waals surface area contributed by atoms with Gasteiger partial charge >= 0.3 is 21.7 Å². The molecule has 0 aromatic heterocycles. The Balaban J connectivity index is 0. The molecule has 0 amide bonds. The zero-order valence-corrected chi connectivity index (χ0v) is 19.5. The van der Waals surface area contributed by atoms with Crippen LogP contribution in [0.2, 0.25) is 0 Å². The zero-order valence-electron chi connectivity index (χ0n) is 14.3. The fraction of sp³-hybridized carbons (Fsp3) is 0.474. The van der Waals surface area contributed by atoms with Gasteiger partial charge in [-0.3, -0.25) is 0 Å². The van der Waals surface area contributed by atoms with Crippen molar-refractivity contribution in [2.75, 3.05) is 0 Å². The van der Waals surface area contributed by atoms with Crippen molar-refractivity contribution in [3.63, 3.8) is 0 Å². The van der Waals surface area contributed by atoms with Crippen molar-refractivity contribution in [2.45, 2.75) is 51.9 Å². The minimum atomic E-state index is -0.256. The van der Waals surface area contributed by atoms with Crippen LogP contribution >= 0.6 is 0 Å². The number of benzene rings is 1. The number of rotatable bonds is 4. The quantitative estimate of drug-likeness (QED) is 0.328. The molecule has 0 saturated heterocycles. The third kappa shape index (κ3) is 7.81. The van der Waals surface area contributed by atoms with Crippen LogP contribution in [0.1, 0.15) is 51.9 Å². The first-order valence-electron chi connectivity index (χ1n) is 8.15. The fourth-order valence-electron chi connectivity index (χ4n) is 3.69. The molecule has 0 aliphatic heterocycles. The van der Waals surface area contributed by atoms with Crippen LogP contribution in [0.5, 0.6) is 0 Å². The molecule has 130 valence electrons. The van der Waals surface area contributed by atoms with Gasteiger partial charge in [-0.1, -0.05) is 81.0 Å². The Morgan fingerprint density at radius 2 is 1.62 bits per heavy atom. The average molecular weight is 436 g/mol. The Labute approximate surface area is 183 Å². The van der Waals surface area contributed by atoms with E-state index in [-0.39, 0.29) is 68.5 Å². The van der Waals surface area contributed by atoms with E-state index in [9.17, 15) is 0 Å². The maximum absolute atomic E-state index is 3.70. The summed E-state index contributed by atoms with van der Waals surface area (Å²) in [7, 11) is -0.256. The molecule has 0 nitrogen and oxygen atoms in total. The second kappa shape index (κ2) is 13.7. The molecule has 0 atom stereocenters. The van der Waals surface area contributed by atoms with Gasteiger partial charge in [0.05, 0.1) is 0 Å². The monoisotopic (exact) mass is 434 g/mol. The second-order valence-electron chi connectivity index (χ2n) is 6.50. The van der Waals surface area contributed by atoms with Gasteiger partial charge in [0.1, 0.15) is 0 Å². The van der Waals surface area contributed by atoms with E-state index >= 15 is 0 Å². The van der Waals surface area contributed by atoms with Crippen molar-refractivity contribution in [2.24, 2.45) is 5.92 Å². The normalized spacial score (nSPS) is 17.5. The van der Waals surface area contributed by atoms with Crippen molar-refractivity contribution in [3.8, 4) is 0 Å². The number of allylic oxidation sites excluding steroid dienone is 4. The summed E-state index contributed by atoms with van der Waals surface area (Å²) in [6, 6.07) is 11.1. The van der Waals surface area contributed by atoms with Crippen LogP contribution in [-0.2, 0) is 21.7 Å². The standard InChI is InChI=1S/C19H25Si.3ClH.Ti/c1-15-12-17(13-16-8-4-2-5-9-16)14-19(15)20-18-10-6-3-7-11-18;;;;/h3,6-7,10-11,16H,2,4-5,8-9,13-14,20H2,1H3;3*1H;/q-1;;;;+4/p-3. The van der Waals surface area contributed by atoms with Crippen LogP contribution in [0.3, 0.4) is 0 Å². The van der Waals surface area contributed by atoms with Gasteiger partial charge in [0, 0.05) is 0 Å². The fourth-order valence-corrected chi connectivity index (χ4v) is 5.47. The van der Waals surface area contributed by atoms with E-state index in [1.165, 1.54) is 50.5 Å². The molecule has 0 N–H and O–H groups in total. The van der Waals surface area contributed by atoms with Gasteiger partial charge < -0.3 is 37.2 Å². The third-order valence-corrected chi connectivity index (χ3v) is 6.93. The third-order valence-electron chi connectivity index (χ3n) is 4.84. The molecule has 1 aromatic rings. The van der Waals surface area contributed by atoms with Crippen molar-refractivity contribution < 1.29 is 58.9 Å². The second-order valence-corrected chi connectivity index (χ2v) is 8.53. The van der Waals surface area contributed by atoms with E-state index < -0.39 is 0 Å². The van der Waals surface area contributed by atoms with Crippen LogP contribution in [0.15, 0.2) is 46.7 Å². The largest absolute Gasteiger partial charge is 4.00 e. The van der Waals surface area contributed by atoms with Crippen LogP contribution in [0.25, 0.3) is 0 Å². The zero-order chi connectivity index (χ0) is 13.8. The first kappa shape index (κ1) is 26.7. The van der Waals surface area contributed by atoms with Gasteiger partial charge in [0.25, 0.3) is 0 Å². The summed E-state index contributed by atoms with van der Waals surface area (Å²) in [5, 5.41) is 3.30. The summed E-state index contributed by atoms with van der Waals surface area (Å²) in [6.07, 6.45) is 13.5. The van der Waals surface area contributed by atoms with E-state index in [1.54, 1.807) is 16.0 Å². The Hall–Kier alpha value is 0.501. The Kier molecular flexibility index (Phi) is 15.2. The number of halogens is 3. The molecule has 0 heterocycles. The summed E-state index contributed by atoms with van der Waals surface area (Å²) < 4.78 is 0. The van der Waals surface area contributed by atoms with Gasteiger partial charge in [-0.15, -0.1) is 0 Å². The van der Waals surface area contributed by atoms with E-state index in [0.717, 1.165) is 5.92 Å². The van der Waals surface area contributed by atoms with Gasteiger partial charge in [-0.05, 0) is 21.9 Å². The van der Waals surface area contributed by atoms with Crippen LogP contribution < -0.4 is 42.4 Å². The van der Waals surface area contributed by atoms with E-state index in [4.69, 9.17) is 0 Å². The van der Waals surface area contributed by atoms with Crippen molar-refractivity contribution >= 4 is 14.7 Å². The van der Waals surface area contributed by atoms with Gasteiger partial charge in [0.2, 0.25) is 0 Å². The smallest absolute Gasteiger partial charge is 1.00 e. The molecule has 2 aliphatic carbocycles. The maximum atomic E-state index is 3.70. The summed E-state index contributed by atoms with van der Waals surface area (Å²) in [4.78, 5) is 0. The number of hydrogen-bond donors (Lipinski definition) is 0. The molecular formula is C19H25Cl3SiTi. The van der Waals surface area contributed by atoms with E-state index in [1.807, 2.05) is 0 Å². The summed E-state index contributed by atoms with van der Waals surface area (Å²) in [5.74, 6) is 0.955. The Bertz CT molecular complexity index is 523. The summed E-state index contributed by atoms with van der Waals surface area (Å²) in [5.41, 5.74) is 3.07. The SMILES string of the molecule is CC1=C([SiH2]c2ccccc2)CC(CC2CCCCC2)=[C-]1.[Cl-].[Cl-].[Cl-].[Ti+4]. The number of hydrogen-bond acceptors (Lipinski definition) is 0. The summed E-state index contributed by atoms with van der Waals surface area (Å²) >= 11 is 0. The molecule has 1 aromatic carbocycles. The molecular weight excluding hydrogens is 411 g/mol. The molecule has 5 heteroatoms. The average Bonchev–Trinajstić information content (AvgIpc) is 2.81. The minimum Gasteiger partial charge on any atom is -1.00 e. The minimum absolute atomic E-state index is 0. The van der Waals surface area contributed by atoms with Gasteiger partial charge in [-0.25, -0.2) is 16.8 Å². The Morgan fingerprint density at radius 1 is 1.00 bits per heavy atom. The summed E-state index contributed by atoms with van der Waals surface area (Å²) in [6.45, 7) is 2.28. The molecule has 1 saturated carbocycles. The van der Waals surface area contributed by atoms with Crippen LogP contribution in [0.4, 0.5) is 0 Å².